The summed E-state index contributed by atoms with van der Waals surface area (Å²) in [6.07, 6.45) is 0.00671. The maximum atomic E-state index is 13.1. The fourth-order valence-corrected chi connectivity index (χ4v) is 2.45. The van der Waals surface area contributed by atoms with E-state index in [-0.39, 0.29) is 12.2 Å². The van der Waals surface area contributed by atoms with Crippen LogP contribution in [0.2, 0.25) is 10.0 Å². The number of carbonyl (C=O) groups excluding carboxylic acids is 1. The van der Waals surface area contributed by atoms with Gasteiger partial charge in [-0.15, -0.1) is 0 Å². The third-order valence-electron chi connectivity index (χ3n) is 2.61. The Labute approximate surface area is 128 Å². The van der Waals surface area contributed by atoms with Gasteiger partial charge in [-0.05, 0) is 51.8 Å². The van der Waals surface area contributed by atoms with Crippen molar-refractivity contribution in [1.82, 2.24) is 0 Å². The molecule has 0 N–H and O–H groups in total. The number of benzene rings is 2. The molecular weight excluding hydrogens is 354 g/mol. The first kappa shape index (κ1) is 14.5. The third kappa shape index (κ3) is 3.35. The van der Waals surface area contributed by atoms with Crippen LogP contribution < -0.4 is 0 Å². The molecule has 0 amide bonds. The quantitative estimate of drug-likeness (QED) is 0.676. The smallest absolute Gasteiger partial charge is 0.168 e. The summed E-state index contributed by atoms with van der Waals surface area (Å²) in [5, 5.41) is 0.709. The fraction of sp³-hybridized carbons (Fsp3) is 0.0714. The van der Waals surface area contributed by atoms with Crippen molar-refractivity contribution in [3.8, 4) is 0 Å². The molecule has 98 valence electrons. The highest BCUT2D eigenvalue weighted by molar-refractivity contribution is 9.10. The minimum Gasteiger partial charge on any atom is -0.294 e. The van der Waals surface area contributed by atoms with E-state index < -0.39 is 5.82 Å². The van der Waals surface area contributed by atoms with Crippen LogP contribution >= 0.6 is 39.1 Å². The van der Waals surface area contributed by atoms with Crippen LogP contribution in [0, 0.1) is 5.82 Å². The van der Waals surface area contributed by atoms with Gasteiger partial charge in [-0.2, -0.15) is 0 Å². The fourth-order valence-electron chi connectivity index (χ4n) is 1.67. The molecule has 0 unspecified atom stereocenters. The third-order valence-corrected chi connectivity index (χ3v) is 4.28. The number of carbonyl (C=O) groups is 1. The van der Waals surface area contributed by atoms with Crippen LogP contribution in [0.3, 0.4) is 0 Å². The predicted molar refractivity (Wildman–Crippen MR) is 78.6 cm³/mol. The second-order valence-electron chi connectivity index (χ2n) is 3.94. The lowest BCUT2D eigenvalue weighted by Crippen LogP contribution is -2.05. The van der Waals surface area contributed by atoms with E-state index in [2.05, 4.69) is 15.9 Å². The molecule has 2 rings (SSSR count). The summed E-state index contributed by atoms with van der Waals surface area (Å²) in [5.41, 5.74) is 0.832. The standard InChI is InChI=1S/C14H8BrCl2FO/c15-11-3-1-2-10(14(11)17)13(19)7-8-6-9(18)4-5-12(8)16/h1-6H,7H2. The van der Waals surface area contributed by atoms with Crippen molar-refractivity contribution in [3.05, 3.63) is 67.9 Å². The van der Waals surface area contributed by atoms with Gasteiger partial charge in [-0.3, -0.25) is 4.79 Å². The van der Waals surface area contributed by atoms with Crippen molar-refractivity contribution in [1.29, 1.82) is 0 Å². The Bertz CT molecular complexity index is 643. The predicted octanol–water partition coefficient (Wildman–Crippen LogP) is 5.32. The van der Waals surface area contributed by atoms with Gasteiger partial charge in [0.1, 0.15) is 5.82 Å². The zero-order valence-electron chi connectivity index (χ0n) is 9.59. The summed E-state index contributed by atoms with van der Waals surface area (Å²) in [7, 11) is 0. The molecule has 0 aromatic heterocycles. The summed E-state index contributed by atoms with van der Waals surface area (Å²) in [6, 6.07) is 9.03. The molecule has 2 aromatic carbocycles. The maximum absolute atomic E-state index is 13.1. The number of Topliss-reactive ketones (excluding diaryl/α,β-unsaturated/α-hetero) is 1. The highest BCUT2D eigenvalue weighted by Crippen LogP contribution is 2.28. The molecule has 0 atom stereocenters. The normalized spacial score (nSPS) is 10.5. The van der Waals surface area contributed by atoms with Gasteiger partial charge in [0.2, 0.25) is 0 Å². The number of hydrogen-bond donors (Lipinski definition) is 0. The van der Waals surface area contributed by atoms with Crippen LogP contribution in [0.5, 0.6) is 0 Å². The zero-order chi connectivity index (χ0) is 14.0. The molecule has 0 radical (unpaired) electrons. The summed E-state index contributed by atoms with van der Waals surface area (Å²) in [4.78, 5) is 12.2. The molecule has 1 nitrogen and oxygen atoms in total. The largest absolute Gasteiger partial charge is 0.294 e. The van der Waals surface area contributed by atoms with Crippen LogP contribution in [0.1, 0.15) is 15.9 Å². The molecular formula is C14H8BrCl2FO. The average Bonchev–Trinajstić information content (AvgIpc) is 2.37. The lowest BCUT2D eigenvalue weighted by molar-refractivity contribution is 0.0993. The second-order valence-corrected chi connectivity index (χ2v) is 5.58. The van der Waals surface area contributed by atoms with Gasteiger partial charge in [0.25, 0.3) is 0 Å². The van der Waals surface area contributed by atoms with Gasteiger partial charge >= 0.3 is 0 Å². The van der Waals surface area contributed by atoms with Crippen molar-refractivity contribution in [2.45, 2.75) is 6.42 Å². The SMILES string of the molecule is O=C(Cc1cc(F)ccc1Cl)c1cccc(Br)c1Cl. The number of hydrogen-bond acceptors (Lipinski definition) is 1. The Hall–Kier alpha value is -0.900. The maximum Gasteiger partial charge on any atom is 0.168 e. The lowest BCUT2D eigenvalue weighted by atomic mass is 10.0. The summed E-state index contributed by atoms with van der Waals surface area (Å²) < 4.78 is 13.8. The lowest BCUT2D eigenvalue weighted by Gasteiger charge is -2.07. The molecule has 0 aliphatic heterocycles. The van der Waals surface area contributed by atoms with Gasteiger partial charge < -0.3 is 0 Å². The van der Waals surface area contributed by atoms with E-state index >= 15 is 0 Å². The van der Waals surface area contributed by atoms with Crippen LogP contribution in [0.25, 0.3) is 0 Å². The first-order chi connectivity index (χ1) is 8.99. The molecule has 0 saturated heterocycles. The first-order valence-electron chi connectivity index (χ1n) is 5.40. The second kappa shape index (κ2) is 6.04. The van der Waals surface area contributed by atoms with Crippen LogP contribution in [-0.2, 0) is 6.42 Å². The van der Waals surface area contributed by atoms with Gasteiger partial charge in [-0.1, -0.05) is 29.3 Å². The molecule has 0 aliphatic carbocycles. The molecule has 2 aromatic rings. The molecule has 0 bridgehead atoms. The number of ketones is 1. The molecule has 0 heterocycles. The number of halogens is 4. The topological polar surface area (TPSA) is 17.1 Å². The minimum absolute atomic E-state index is 0.00671. The Morgan fingerprint density at radius 2 is 1.95 bits per heavy atom. The van der Waals surface area contributed by atoms with E-state index in [9.17, 15) is 9.18 Å². The van der Waals surface area contributed by atoms with Crippen molar-refractivity contribution >= 4 is 44.9 Å². The first-order valence-corrected chi connectivity index (χ1v) is 6.95. The van der Waals surface area contributed by atoms with Crippen molar-refractivity contribution < 1.29 is 9.18 Å². The van der Waals surface area contributed by atoms with Gasteiger partial charge in [0, 0.05) is 21.5 Å². The Morgan fingerprint density at radius 1 is 1.21 bits per heavy atom. The summed E-state index contributed by atoms with van der Waals surface area (Å²) >= 11 is 15.2. The molecule has 0 spiro atoms. The zero-order valence-corrected chi connectivity index (χ0v) is 12.7. The highest BCUT2D eigenvalue weighted by Gasteiger charge is 2.14. The van der Waals surface area contributed by atoms with E-state index in [1.807, 2.05) is 0 Å². The molecule has 0 saturated carbocycles. The van der Waals surface area contributed by atoms with Crippen molar-refractivity contribution in [3.63, 3.8) is 0 Å². The molecule has 5 heteroatoms. The van der Waals surface area contributed by atoms with Gasteiger partial charge in [-0.25, -0.2) is 4.39 Å². The monoisotopic (exact) mass is 360 g/mol. The van der Waals surface area contributed by atoms with E-state index in [1.54, 1.807) is 18.2 Å². The van der Waals surface area contributed by atoms with E-state index in [0.717, 1.165) is 0 Å². The molecule has 0 aliphatic rings. The van der Waals surface area contributed by atoms with E-state index in [1.165, 1.54) is 18.2 Å². The Kier molecular flexibility index (Phi) is 4.61. The molecule has 19 heavy (non-hydrogen) atoms. The van der Waals surface area contributed by atoms with Crippen molar-refractivity contribution in [2.24, 2.45) is 0 Å². The minimum atomic E-state index is -0.424. The Balaban J connectivity index is 2.31. The van der Waals surface area contributed by atoms with E-state index in [0.29, 0.717) is 25.6 Å². The van der Waals surface area contributed by atoms with E-state index in [4.69, 9.17) is 23.2 Å². The highest BCUT2D eigenvalue weighted by atomic mass is 79.9. The summed E-state index contributed by atoms with van der Waals surface area (Å²) in [5.74, 6) is -0.633. The molecule has 0 fully saturated rings. The number of rotatable bonds is 3. The van der Waals surface area contributed by atoms with Crippen LogP contribution in [0.4, 0.5) is 4.39 Å². The van der Waals surface area contributed by atoms with Gasteiger partial charge in [0.05, 0.1) is 5.02 Å². The Morgan fingerprint density at radius 3 is 2.68 bits per heavy atom. The van der Waals surface area contributed by atoms with Crippen LogP contribution in [0.15, 0.2) is 40.9 Å². The average molecular weight is 362 g/mol. The van der Waals surface area contributed by atoms with Crippen LogP contribution in [-0.4, -0.2) is 5.78 Å². The summed E-state index contributed by atoms with van der Waals surface area (Å²) in [6.45, 7) is 0. The van der Waals surface area contributed by atoms with Crippen molar-refractivity contribution in [2.75, 3.05) is 0 Å². The van der Waals surface area contributed by atoms with Gasteiger partial charge in [0.15, 0.2) is 5.78 Å².